The largest absolute Gasteiger partial charge is 0.493 e. The summed E-state index contributed by atoms with van der Waals surface area (Å²) in [6, 6.07) is 7.65. The van der Waals surface area contributed by atoms with Crippen LogP contribution in [-0.4, -0.2) is 80.4 Å². The predicted molar refractivity (Wildman–Crippen MR) is 129 cm³/mol. The van der Waals surface area contributed by atoms with E-state index in [0.717, 1.165) is 75.6 Å². The van der Waals surface area contributed by atoms with E-state index >= 15 is 0 Å². The second-order valence-corrected chi connectivity index (χ2v) is 7.42. The van der Waals surface area contributed by atoms with E-state index in [4.69, 9.17) is 14.5 Å². The Bertz CT molecular complexity index is 839. The van der Waals surface area contributed by atoms with Crippen molar-refractivity contribution in [2.24, 2.45) is 4.99 Å². The summed E-state index contributed by atoms with van der Waals surface area (Å²) in [5, 5.41) is 6.66. The van der Waals surface area contributed by atoms with Crippen LogP contribution in [0.15, 0.2) is 41.7 Å². The van der Waals surface area contributed by atoms with Gasteiger partial charge in [0.1, 0.15) is 0 Å². The highest BCUT2D eigenvalue weighted by Crippen LogP contribution is 2.30. The standard InChI is InChI=1S/C23H35N7O2/c1-4-24-22(28-19-8-9-20(32-5-2)21(18-19)31-3)25-12-7-13-29-14-16-30(17-15-29)23-26-10-6-11-27-23/h6,8-11,18H,4-5,7,12-17H2,1-3H3,(H2,24,25,28). The van der Waals surface area contributed by atoms with Gasteiger partial charge in [-0.25, -0.2) is 9.97 Å². The third-order valence-electron chi connectivity index (χ3n) is 5.18. The molecule has 2 heterocycles. The number of nitrogens with one attached hydrogen (secondary N) is 2. The number of ether oxygens (including phenoxy) is 2. The van der Waals surface area contributed by atoms with Crippen LogP contribution >= 0.6 is 0 Å². The van der Waals surface area contributed by atoms with Crippen LogP contribution < -0.4 is 25.0 Å². The highest BCUT2D eigenvalue weighted by atomic mass is 16.5. The van der Waals surface area contributed by atoms with Gasteiger partial charge >= 0.3 is 0 Å². The normalized spacial score (nSPS) is 14.8. The van der Waals surface area contributed by atoms with Crippen LogP contribution in [0.2, 0.25) is 0 Å². The van der Waals surface area contributed by atoms with Gasteiger partial charge in [-0.05, 0) is 38.5 Å². The van der Waals surface area contributed by atoms with Gasteiger partial charge in [0.2, 0.25) is 5.95 Å². The van der Waals surface area contributed by atoms with Gasteiger partial charge in [0.05, 0.1) is 13.7 Å². The fraction of sp³-hybridized carbons (Fsp3) is 0.522. The molecule has 2 aromatic rings. The zero-order valence-corrected chi connectivity index (χ0v) is 19.4. The molecule has 1 saturated heterocycles. The second-order valence-electron chi connectivity index (χ2n) is 7.42. The van der Waals surface area contributed by atoms with Gasteiger partial charge in [-0.1, -0.05) is 0 Å². The Hall–Kier alpha value is -3.07. The van der Waals surface area contributed by atoms with Crippen LogP contribution in [0, 0.1) is 0 Å². The lowest BCUT2D eigenvalue weighted by atomic mass is 10.2. The Labute approximate surface area is 190 Å². The Morgan fingerprint density at radius 3 is 2.56 bits per heavy atom. The SMILES string of the molecule is CCNC(=NCCCN1CCN(c2ncccn2)CC1)Nc1ccc(OCC)c(OC)c1. The molecule has 0 saturated carbocycles. The minimum atomic E-state index is 0.600. The lowest BCUT2D eigenvalue weighted by Crippen LogP contribution is -2.47. The topological polar surface area (TPSA) is 87.1 Å². The van der Waals surface area contributed by atoms with Crippen molar-refractivity contribution in [3.8, 4) is 11.5 Å². The second kappa shape index (κ2) is 12.7. The third-order valence-corrected chi connectivity index (χ3v) is 5.18. The molecule has 0 unspecified atom stereocenters. The summed E-state index contributed by atoms with van der Waals surface area (Å²) in [6.45, 7) is 11.2. The summed E-state index contributed by atoms with van der Waals surface area (Å²) in [5.41, 5.74) is 0.907. The fourth-order valence-corrected chi connectivity index (χ4v) is 3.58. The molecule has 0 aliphatic carbocycles. The molecule has 1 aromatic heterocycles. The number of piperazine rings is 1. The summed E-state index contributed by atoms with van der Waals surface area (Å²) in [7, 11) is 1.65. The van der Waals surface area contributed by atoms with Crippen LogP contribution in [0.3, 0.4) is 0 Å². The first-order chi connectivity index (χ1) is 15.7. The molecule has 0 radical (unpaired) electrons. The molecule has 1 aliphatic rings. The molecule has 1 aliphatic heterocycles. The average molecular weight is 442 g/mol. The van der Waals surface area contributed by atoms with E-state index < -0.39 is 0 Å². The maximum absolute atomic E-state index is 5.59. The summed E-state index contributed by atoms with van der Waals surface area (Å²) in [6.07, 6.45) is 4.60. The number of guanidine groups is 1. The number of nitrogens with zero attached hydrogens (tertiary/aromatic N) is 5. The molecule has 0 atom stereocenters. The molecule has 0 spiro atoms. The number of aliphatic imine (C=N–C) groups is 1. The van der Waals surface area contributed by atoms with Gasteiger partial charge in [0.25, 0.3) is 0 Å². The number of anilines is 2. The van der Waals surface area contributed by atoms with Crippen molar-refractivity contribution in [1.29, 1.82) is 0 Å². The number of rotatable bonds is 10. The number of hydrogen-bond donors (Lipinski definition) is 2. The lowest BCUT2D eigenvalue weighted by Gasteiger charge is -2.34. The van der Waals surface area contributed by atoms with E-state index in [9.17, 15) is 0 Å². The molecule has 9 nitrogen and oxygen atoms in total. The Balaban J connectivity index is 1.45. The zero-order chi connectivity index (χ0) is 22.6. The molecular weight excluding hydrogens is 406 g/mol. The maximum Gasteiger partial charge on any atom is 0.225 e. The van der Waals surface area contributed by atoms with Crippen LogP contribution in [0.25, 0.3) is 0 Å². The Kier molecular flexibility index (Phi) is 9.37. The lowest BCUT2D eigenvalue weighted by molar-refractivity contribution is 0.255. The number of hydrogen-bond acceptors (Lipinski definition) is 7. The molecule has 1 aromatic carbocycles. The minimum Gasteiger partial charge on any atom is -0.493 e. The van der Waals surface area contributed by atoms with E-state index in [-0.39, 0.29) is 0 Å². The molecule has 32 heavy (non-hydrogen) atoms. The molecule has 1 fully saturated rings. The van der Waals surface area contributed by atoms with E-state index in [2.05, 4.69) is 37.3 Å². The van der Waals surface area contributed by atoms with Crippen molar-refractivity contribution >= 4 is 17.6 Å². The number of benzene rings is 1. The molecule has 3 rings (SSSR count). The highest BCUT2D eigenvalue weighted by molar-refractivity contribution is 5.93. The molecular formula is C23H35N7O2. The van der Waals surface area contributed by atoms with Gasteiger partial charge in [0.15, 0.2) is 17.5 Å². The first-order valence-corrected chi connectivity index (χ1v) is 11.3. The van der Waals surface area contributed by atoms with E-state index in [1.54, 1.807) is 19.5 Å². The number of methoxy groups -OCH3 is 1. The fourth-order valence-electron chi connectivity index (χ4n) is 3.58. The van der Waals surface area contributed by atoms with Crippen molar-refractivity contribution < 1.29 is 9.47 Å². The zero-order valence-electron chi connectivity index (χ0n) is 19.4. The van der Waals surface area contributed by atoms with Crippen molar-refractivity contribution in [3.63, 3.8) is 0 Å². The van der Waals surface area contributed by atoms with E-state index in [1.807, 2.05) is 31.2 Å². The van der Waals surface area contributed by atoms with Crippen molar-refractivity contribution in [3.05, 3.63) is 36.7 Å². The van der Waals surface area contributed by atoms with Gasteiger partial charge in [-0.15, -0.1) is 0 Å². The average Bonchev–Trinajstić information content (AvgIpc) is 2.84. The third kappa shape index (κ3) is 6.98. The highest BCUT2D eigenvalue weighted by Gasteiger charge is 2.18. The van der Waals surface area contributed by atoms with Gasteiger partial charge in [-0.3, -0.25) is 9.89 Å². The summed E-state index contributed by atoms with van der Waals surface area (Å²) in [4.78, 5) is 18.2. The van der Waals surface area contributed by atoms with Gasteiger partial charge < -0.3 is 25.0 Å². The molecule has 2 N–H and O–H groups in total. The summed E-state index contributed by atoms with van der Waals surface area (Å²) >= 11 is 0. The predicted octanol–water partition coefficient (Wildman–Crippen LogP) is 2.47. The Morgan fingerprint density at radius 2 is 1.88 bits per heavy atom. The van der Waals surface area contributed by atoms with Gasteiger partial charge in [0, 0.05) is 70.0 Å². The quantitative estimate of drug-likeness (QED) is 0.330. The van der Waals surface area contributed by atoms with Crippen molar-refractivity contribution in [2.75, 3.05) is 69.7 Å². The first-order valence-electron chi connectivity index (χ1n) is 11.3. The molecule has 0 bridgehead atoms. The molecule has 9 heteroatoms. The van der Waals surface area contributed by atoms with E-state index in [0.29, 0.717) is 12.4 Å². The van der Waals surface area contributed by atoms with E-state index in [1.165, 1.54) is 0 Å². The summed E-state index contributed by atoms with van der Waals surface area (Å²) < 4.78 is 11.0. The van der Waals surface area contributed by atoms with Crippen molar-refractivity contribution in [1.82, 2.24) is 20.2 Å². The first kappa shape index (κ1) is 23.6. The van der Waals surface area contributed by atoms with Gasteiger partial charge in [-0.2, -0.15) is 0 Å². The van der Waals surface area contributed by atoms with Crippen molar-refractivity contribution in [2.45, 2.75) is 20.3 Å². The monoisotopic (exact) mass is 441 g/mol. The van der Waals surface area contributed by atoms with Crippen LogP contribution in [0.1, 0.15) is 20.3 Å². The maximum atomic E-state index is 5.59. The summed E-state index contributed by atoms with van der Waals surface area (Å²) in [5.74, 6) is 3.03. The smallest absolute Gasteiger partial charge is 0.225 e. The minimum absolute atomic E-state index is 0.600. The molecule has 174 valence electrons. The van der Waals surface area contributed by atoms with Crippen LogP contribution in [0.5, 0.6) is 11.5 Å². The molecule has 0 amide bonds. The van der Waals surface area contributed by atoms with Crippen LogP contribution in [0.4, 0.5) is 11.6 Å². The number of aromatic nitrogens is 2. The Morgan fingerprint density at radius 1 is 1.09 bits per heavy atom. The van der Waals surface area contributed by atoms with Crippen LogP contribution in [-0.2, 0) is 0 Å².